The third kappa shape index (κ3) is 1.14. The number of para-hydroxylation sites is 2. The van der Waals surface area contributed by atoms with Crippen molar-refractivity contribution in [3.63, 3.8) is 0 Å². The van der Waals surface area contributed by atoms with E-state index in [1.54, 1.807) is 12.1 Å². The zero-order chi connectivity index (χ0) is 7.68. The molecule has 1 atom stereocenters. The Morgan fingerprint density at radius 1 is 1.27 bits per heavy atom. The zero-order valence-corrected chi connectivity index (χ0v) is 5.86. The maximum absolute atomic E-state index is 9.01. The molecule has 0 aromatic heterocycles. The van der Waals surface area contributed by atoms with E-state index in [2.05, 4.69) is 0 Å². The highest BCUT2D eigenvalue weighted by Crippen LogP contribution is 2.29. The summed E-state index contributed by atoms with van der Waals surface area (Å²) in [7, 11) is 0. The maximum Gasteiger partial charge on any atom is 0.232 e. The minimum Gasteiger partial charge on any atom is -0.483 e. The Morgan fingerprint density at radius 3 is 2.82 bits per heavy atom. The molecular formula is C8H8O3. The van der Waals surface area contributed by atoms with E-state index >= 15 is 0 Å². The topological polar surface area (TPSA) is 38.7 Å². The van der Waals surface area contributed by atoms with E-state index in [9.17, 15) is 0 Å². The van der Waals surface area contributed by atoms with Gasteiger partial charge in [-0.15, -0.1) is 0 Å². The number of rotatable bonds is 0. The van der Waals surface area contributed by atoms with Gasteiger partial charge in [0.15, 0.2) is 18.1 Å². The molecular weight excluding hydrogens is 144 g/mol. The van der Waals surface area contributed by atoms with E-state index < -0.39 is 6.29 Å². The Bertz CT molecular complexity index is 259. The highest BCUT2D eigenvalue weighted by Gasteiger charge is 2.16. The average Bonchev–Trinajstić information content (AvgIpc) is 2.04. The van der Waals surface area contributed by atoms with Crippen molar-refractivity contribution in [3.05, 3.63) is 24.3 Å². The van der Waals surface area contributed by atoms with Crippen molar-refractivity contribution in [3.8, 4) is 11.5 Å². The van der Waals surface area contributed by atoms with Crippen LogP contribution in [0.3, 0.4) is 0 Å². The van der Waals surface area contributed by atoms with Gasteiger partial charge < -0.3 is 14.6 Å². The summed E-state index contributed by atoms with van der Waals surface area (Å²) in [5, 5.41) is 9.01. The van der Waals surface area contributed by atoms with Gasteiger partial charge in [0.2, 0.25) is 6.29 Å². The third-order valence-corrected chi connectivity index (χ3v) is 1.49. The first-order valence-electron chi connectivity index (χ1n) is 3.43. The van der Waals surface area contributed by atoms with Crippen LogP contribution in [0.1, 0.15) is 0 Å². The zero-order valence-electron chi connectivity index (χ0n) is 5.86. The number of aliphatic hydroxyl groups is 1. The lowest BCUT2D eigenvalue weighted by Gasteiger charge is -2.22. The Kier molecular flexibility index (Phi) is 1.43. The summed E-state index contributed by atoms with van der Waals surface area (Å²) >= 11 is 0. The fraction of sp³-hybridized carbons (Fsp3) is 0.250. The van der Waals surface area contributed by atoms with Crippen LogP contribution in [-0.2, 0) is 0 Å². The molecule has 1 aromatic carbocycles. The van der Waals surface area contributed by atoms with Gasteiger partial charge in [-0.1, -0.05) is 12.1 Å². The monoisotopic (exact) mass is 152 g/mol. The highest BCUT2D eigenvalue weighted by molar-refractivity contribution is 5.40. The molecule has 3 heteroatoms. The summed E-state index contributed by atoms with van der Waals surface area (Å²) in [5.41, 5.74) is 0. The van der Waals surface area contributed by atoms with Gasteiger partial charge in [0.05, 0.1) is 0 Å². The predicted molar refractivity (Wildman–Crippen MR) is 38.6 cm³/mol. The second-order valence-corrected chi connectivity index (χ2v) is 2.33. The average molecular weight is 152 g/mol. The lowest BCUT2D eigenvalue weighted by molar-refractivity contribution is -0.0669. The van der Waals surface area contributed by atoms with Crippen LogP contribution < -0.4 is 9.47 Å². The molecule has 1 heterocycles. The van der Waals surface area contributed by atoms with Crippen LogP contribution in [0.25, 0.3) is 0 Å². The van der Waals surface area contributed by atoms with E-state index in [-0.39, 0.29) is 6.61 Å². The number of benzene rings is 1. The second-order valence-electron chi connectivity index (χ2n) is 2.33. The van der Waals surface area contributed by atoms with Gasteiger partial charge in [0, 0.05) is 0 Å². The highest BCUT2D eigenvalue weighted by atomic mass is 16.7. The minimum atomic E-state index is -0.829. The van der Waals surface area contributed by atoms with Crippen LogP contribution in [0.15, 0.2) is 24.3 Å². The van der Waals surface area contributed by atoms with Crippen molar-refractivity contribution < 1.29 is 14.6 Å². The summed E-state index contributed by atoms with van der Waals surface area (Å²) in [4.78, 5) is 0. The molecule has 11 heavy (non-hydrogen) atoms. The van der Waals surface area contributed by atoms with Crippen molar-refractivity contribution in [1.82, 2.24) is 0 Å². The first kappa shape index (κ1) is 6.49. The summed E-state index contributed by atoms with van der Waals surface area (Å²) in [6.07, 6.45) is -0.829. The molecule has 0 amide bonds. The quantitative estimate of drug-likeness (QED) is 0.597. The molecule has 0 spiro atoms. The van der Waals surface area contributed by atoms with Crippen molar-refractivity contribution in [2.75, 3.05) is 6.61 Å². The summed E-state index contributed by atoms with van der Waals surface area (Å²) < 4.78 is 10.2. The van der Waals surface area contributed by atoms with Gasteiger partial charge in [-0.05, 0) is 12.1 Å². The van der Waals surface area contributed by atoms with Crippen molar-refractivity contribution in [2.24, 2.45) is 0 Å². The molecule has 2 rings (SSSR count). The number of aliphatic hydroxyl groups excluding tert-OH is 1. The summed E-state index contributed by atoms with van der Waals surface area (Å²) in [5.74, 6) is 1.30. The smallest absolute Gasteiger partial charge is 0.232 e. The first-order valence-corrected chi connectivity index (χ1v) is 3.43. The Hall–Kier alpha value is -1.22. The van der Waals surface area contributed by atoms with E-state index in [0.717, 1.165) is 0 Å². The van der Waals surface area contributed by atoms with Gasteiger partial charge in [0.25, 0.3) is 0 Å². The summed E-state index contributed by atoms with van der Waals surface area (Å²) in [6, 6.07) is 7.26. The number of ether oxygens (including phenoxy) is 2. The van der Waals surface area contributed by atoms with Gasteiger partial charge >= 0.3 is 0 Å². The molecule has 0 saturated carbocycles. The molecule has 0 fully saturated rings. The van der Waals surface area contributed by atoms with E-state index in [1.807, 2.05) is 12.1 Å². The van der Waals surface area contributed by atoms with Gasteiger partial charge in [-0.3, -0.25) is 0 Å². The second kappa shape index (κ2) is 2.43. The van der Waals surface area contributed by atoms with Crippen LogP contribution in [0.4, 0.5) is 0 Å². The van der Waals surface area contributed by atoms with Gasteiger partial charge in [0.1, 0.15) is 0 Å². The van der Waals surface area contributed by atoms with E-state index in [0.29, 0.717) is 11.5 Å². The molecule has 3 nitrogen and oxygen atoms in total. The summed E-state index contributed by atoms with van der Waals surface area (Å²) in [6.45, 7) is 0.205. The third-order valence-electron chi connectivity index (χ3n) is 1.49. The normalized spacial score (nSPS) is 21.4. The molecule has 0 saturated heterocycles. The van der Waals surface area contributed by atoms with E-state index in [4.69, 9.17) is 14.6 Å². The van der Waals surface area contributed by atoms with Crippen molar-refractivity contribution in [2.45, 2.75) is 6.29 Å². The number of hydrogen-bond acceptors (Lipinski definition) is 3. The lowest BCUT2D eigenvalue weighted by atomic mass is 10.3. The fourth-order valence-corrected chi connectivity index (χ4v) is 1.01. The van der Waals surface area contributed by atoms with Gasteiger partial charge in [-0.25, -0.2) is 0 Å². The molecule has 1 aromatic rings. The Balaban J connectivity index is 2.34. The van der Waals surface area contributed by atoms with Crippen LogP contribution >= 0.6 is 0 Å². The molecule has 58 valence electrons. The van der Waals surface area contributed by atoms with Crippen LogP contribution in [-0.4, -0.2) is 18.0 Å². The molecule has 0 bridgehead atoms. The van der Waals surface area contributed by atoms with Crippen molar-refractivity contribution in [1.29, 1.82) is 0 Å². The maximum atomic E-state index is 9.01. The van der Waals surface area contributed by atoms with Crippen LogP contribution in [0.2, 0.25) is 0 Å². The van der Waals surface area contributed by atoms with Crippen LogP contribution in [0, 0.1) is 0 Å². The largest absolute Gasteiger partial charge is 0.483 e. The van der Waals surface area contributed by atoms with Crippen LogP contribution in [0.5, 0.6) is 11.5 Å². The molecule has 0 radical (unpaired) electrons. The Labute approximate surface area is 64.2 Å². The predicted octanol–water partition coefficient (Wildman–Crippen LogP) is 0.776. The fourth-order valence-electron chi connectivity index (χ4n) is 1.01. The SMILES string of the molecule is OC1COc2ccccc2O1. The molecule has 0 aliphatic carbocycles. The minimum absolute atomic E-state index is 0.205. The lowest BCUT2D eigenvalue weighted by Crippen LogP contribution is -2.28. The standard InChI is InChI=1S/C8H8O3/c9-8-5-10-6-3-1-2-4-7(6)11-8/h1-4,8-9H,5H2. The van der Waals surface area contributed by atoms with E-state index in [1.165, 1.54) is 0 Å². The molecule has 1 aliphatic heterocycles. The van der Waals surface area contributed by atoms with Gasteiger partial charge in [-0.2, -0.15) is 0 Å². The molecule has 1 aliphatic rings. The molecule has 1 unspecified atom stereocenters. The number of fused-ring (bicyclic) bond motifs is 1. The Morgan fingerprint density at radius 2 is 2.00 bits per heavy atom. The molecule has 1 N–H and O–H groups in total. The first-order chi connectivity index (χ1) is 5.36. The van der Waals surface area contributed by atoms with Crippen molar-refractivity contribution >= 4 is 0 Å². The number of hydrogen-bond donors (Lipinski definition) is 1.